The minimum atomic E-state index is -0.433. The van der Waals surface area contributed by atoms with Crippen molar-refractivity contribution in [2.45, 2.75) is 45.0 Å². The van der Waals surface area contributed by atoms with Gasteiger partial charge in [-0.15, -0.1) is 0 Å². The molecule has 2 aromatic carbocycles. The van der Waals surface area contributed by atoms with Gasteiger partial charge in [0, 0.05) is 49.6 Å². The second-order valence-electron chi connectivity index (χ2n) is 9.18. The molecular formula is C26H28N2O2. The summed E-state index contributed by atoms with van der Waals surface area (Å²) >= 11 is 0. The van der Waals surface area contributed by atoms with Gasteiger partial charge in [-0.25, -0.2) is 0 Å². The molecule has 0 atom stereocenters. The Hall–Kier alpha value is -2.43. The van der Waals surface area contributed by atoms with Crippen molar-refractivity contribution in [3.8, 4) is 16.9 Å². The third-order valence-electron chi connectivity index (χ3n) is 7.02. The van der Waals surface area contributed by atoms with Crippen molar-refractivity contribution in [2.75, 3.05) is 19.6 Å². The highest BCUT2D eigenvalue weighted by atomic mass is 16.7. The second kappa shape index (κ2) is 7.07. The van der Waals surface area contributed by atoms with Crippen molar-refractivity contribution < 1.29 is 9.47 Å². The molecular weight excluding hydrogens is 372 g/mol. The smallest absolute Gasteiger partial charge is 0.213 e. The molecule has 0 amide bonds. The average molecular weight is 401 g/mol. The monoisotopic (exact) mass is 400 g/mol. The molecule has 3 aromatic rings. The summed E-state index contributed by atoms with van der Waals surface area (Å²) in [5.41, 5.74) is 5.83. The number of piperidine rings is 1. The topological polar surface area (TPSA) is 34.6 Å². The maximum atomic E-state index is 6.46. The average Bonchev–Trinajstić information content (AvgIpc) is 3.60. The van der Waals surface area contributed by atoms with Crippen LogP contribution in [0.4, 0.5) is 0 Å². The molecule has 0 radical (unpaired) electrons. The van der Waals surface area contributed by atoms with E-state index in [1.807, 2.05) is 12.3 Å². The Morgan fingerprint density at radius 3 is 2.80 bits per heavy atom. The fraction of sp³-hybridized carbons (Fsp3) is 0.423. The van der Waals surface area contributed by atoms with Crippen molar-refractivity contribution in [2.24, 2.45) is 5.92 Å². The van der Waals surface area contributed by atoms with E-state index < -0.39 is 5.79 Å². The zero-order chi connectivity index (χ0) is 20.1. The van der Waals surface area contributed by atoms with E-state index in [1.165, 1.54) is 41.5 Å². The van der Waals surface area contributed by atoms with E-state index in [4.69, 9.17) is 9.47 Å². The summed E-state index contributed by atoms with van der Waals surface area (Å²) in [7, 11) is 0. The quantitative estimate of drug-likeness (QED) is 0.596. The maximum Gasteiger partial charge on any atom is 0.213 e. The number of aromatic nitrogens is 1. The number of hydrogen-bond acceptors (Lipinski definition) is 4. The normalized spacial score (nSPS) is 20.8. The van der Waals surface area contributed by atoms with Crippen LogP contribution in [0.1, 0.15) is 36.8 Å². The van der Waals surface area contributed by atoms with Crippen LogP contribution in [0.2, 0.25) is 0 Å². The van der Waals surface area contributed by atoms with Crippen LogP contribution in [0.3, 0.4) is 0 Å². The summed E-state index contributed by atoms with van der Waals surface area (Å²) in [5, 5.41) is 1.18. The summed E-state index contributed by atoms with van der Waals surface area (Å²) < 4.78 is 12.8. The number of aryl methyl sites for hydroxylation is 1. The third-order valence-corrected chi connectivity index (χ3v) is 7.02. The van der Waals surface area contributed by atoms with Gasteiger partial charge in [-0.2, -0.15) is 0 Å². The molecule has 6 rings (SSSR count). The van der Waals surface area contributed by atoms with E-state index in [1.54, 1.807) is 0 Å². The molecule has 30 heavy (non-hydrogen) atoms. The molecule has 4 nitrogen and oxygen atoms in total. The number of hydrogen-bond donors (Lipinski definition) is 0. The fourth-order valence-electron chi connectivity index (χ4n) is 4.99. The van der Waals surface area contributed by atoms with Crippen molar-refractivity contribution in [1.29, 1.82) is 0 Å². The minimum Gasteiger partial charge on any atom is -0.462 e. The van der Waals surface area contributed by atoms with E-state index in [2.05, 4.69) is 53.2 Å². The number of pyridine rings is 1. The van der Waals surface area contributed by atoms with Crippen LogP contribution in [-0.4, -0.2) is 35.3 Å². The zero-order valence-corrected chi connectivity index (χ0v) is 17.6. The Labute approximate surface area is 177 Å². The van der Waals surface area contributed by atoms with Gasteiger partial charge < -0.3 is 14.4 Å². The lowest BCUT2D eigenvalue weighted by atomic mass is 9.95. The molecule has 3 heterocycles. The van der Waals surface area contributed by atoms with Crippen LogP contribution < -0.4 is 4.74 Å². The van der Waals surface area contributed by atoms with Gasteiger partial charge >= 0.3 is 0 Å². The van der Waals surface area contributed by atoms with Crippen LogP contribution in [0.25, 0.3) is 22.0 Å². The van der Waals surface area contributed by atoms with Gasteiger partial charge in [0.25, 0.3) is 0 Å². The van der Waals surface area contributed by atoms with Gasteiger partial charge in [0.05, 0.1) is 12.1 Å². The number of fused-ring (bicyclic) bond motifs is 2. The molecule has 4 heteroatoms. The molecule has 3 aliphatic rings. The highest BCUT2D eigenvalue weighted by molar-refractivity contribution is 5.88. The van der Waals surface area contributed by atoms with Crippen LogP contribution in [0.15, 0.2) is 48.7 Å². The van der Waals surface area contributed by atoms with Crippen molar-refractivity contribution in [1.82, 2.24) is 9.88 Å². The summed E-state index contributed by atoms with van der Waals surface area (Å²) in [6.07, 6.45) is 6.60. The van der Waals surface area contributed by atoms with Crippen molar-refractivity contribution in [3.63, 3.8) is 0 Å². The Morgan fingerprint density at radius 2 is 1.97 bits per heavy atom. The summed E-state index contributed by atoms with van der Waals surface area (Å²) in [4.78, 5) is 7.17. The Balaban J connectivity index is 1.23. The number of likely N-dealkylation sites (tertiary alicyclic amines) is 1. The molecule has 154 valence electrons. The van der Waals surface area contributed by atoms with Crippen LogP contribution >= 0.6 is 0 Å². The SMILES string of the molecule is Cc1c(-c2ccc3c(c2)COC2(CCN(CC4CC4)CC2)O3)ccc2cccnc12. The summed E-state index contributed by atoms with van der Waals surface area (Å²) in [5.74, 6) is 1.49. The van der Waals surface area contributed by atoms with Crippen LogP contribution in [0, 0.1) is 12.8 Å². The Bertz CT molecular complexity index is 1100. The van der Waals surface area contributed by atoms with E-state index in [9.17, 15) is 0 Å². The summed E-state index contributed by atoms with van der Waals surface area (Å²) in [6.45, 7) is 6.19. The van der Waals surface area contributed by atoms with Gasteiger partial charge in [0.2, 0.25) is 5.79 Å². The molecule has 0 bridgehead atoms. The number of nitrogens with zero attached hydrogens (tertiary/aromatic N) is 2. The Kier molecular flexibility index (Phi) is 4.32. The number of ether oxygens (including phenoxy) is 2. The maximum absolute atomic E-state index is 6.46. The standard InChI is InChI=1S/C26H28N2O2/c1-18-23(8-6-20-3-2-12-27-25(18)20)21-7-9-24-22(15-21)17-29-26(30-24)10-13-28(14-11-26)16-19-4-5-19/h2-3,6-9,12,15,19H,4-5,10-11,13-14,16-17H2,1H3. The molecule has 0 N–H and O–H groups in total. The Morgan fingerprint density at radius 1 is 1.10 bits per heavy atom. The molecule has 1 saturated heterocycles. The minimum absolute atomic E-state index is 0.433. The first kappa shape index (κ1) is 18.3. The largest absolute Gasteiger partial charge is 0.462 e. The van der Waals surface area contributed by atoms with E-state index in [-0.39, 0.29) is 0 Å². The molecule has 1 spiro atoms. The predicted octanol–water partition coefficient (Wildman–Crippen LogP) is 5.32. The molecule has 2 aliphatic heterocycles. The van der Waals surface area contributed by atoms with Crippen molar-refractivity contribution >= 4 is 10.9 Å². The predicted molar refractivity (Wildman–Crippen MR) is 118 cm³/mol. The third kappa shape index (κ3) is 3.28. The lowest BCUT2D eigenvalue weighted by molar-refractivity contribution is -0.228. The van der Waals surface area contributed by atoms with E-state index >= 15 is 0 Å². The van der Waals surface area contributed by atoms with Gasteiger partial charge in [-0.1, -0.05) is 24.3 Å². The first-order valence-corrected chi connectivity index (χ1v) is 11.2. The van der Waals surface area contributed by atoms with Gasteiger partial charge in [-0.05, 0) is 60.6 Å². The van der Waals surface area contributed by atoms with Gasteiger partial charge in [0.1, 0.15) is 5.75 Å². The lowest BCUT2D eigenvalue weighted by Gasteiger charge is -2.44. The zero-order valence-electron chi connectivity index (χ0n) is 17.6. The highest BCUT2D eigenvalue weighted by Crippen LogP contribution is 2.40. The number of rotatable bonds is 3. The molecule has 1 aliphatic carbocycles. The first-order valence-electron chi connectivity index (χ1n) is 11.2. The lowest BCUT2D eigenvalue weighted by Crippen LogP contribution is -2.51. The number of benzene rings is 2. The van der Waals surface area contributed by atoms with Crippen molar-refractivity contribution in [3.05, 3.63) is 59.8 Å². The van der Waals surface area contributed by atoms with Crippen LogP contribution in [-0.2, 0) is 11.3 Å². The van der Waals surface area contributed by atoms with E-state index in [0.29, 0.717) is 6.61 Å². The first-order chi connectivity index (χ1) is 14.7. The molecule has 2 fully saturated rings. The summed E-state index contributed by atoms with van der Waals surface area (Å²) in [6, 6.07) is 15.0. The van der Waals surface area contributed by atoms with E-state index in [0.717, 1.165) is 48.7 Å². The highest BCUT2D eigenvalue weighted by Gasteiger charge is 2.41. The van der Waals surface area contributed by atoms with Gasteiger partial charge in [-0.3, -0.25) is 4.98 Å². The van der Waals surface area contributed by atoms with Gasteiger partial charge in [0.15, 0.2) is 0 Å². The second-order valence-corrected chi connectivity index (χ2v) is 9.18. The molecule has 1 saturated carbocycles. The fourth-order valence-corrected chi connectivity index (χ4v) is 4.99. The molecule has 0 unspecified atom stereocenters. The van der Waals surface area contributed by atoms with Crippen LogP contribution in [0.5, 0.6) is 5.75 Å². The molecule has 1 aromatic heterocycles.